The highest BCUT2D eigenvalue weighted by molar-refractivity contribution is 7.80. The van der Waals surface area contributed by atoms with Crippen molar-refractivity contribution < 1.29 is 9.53 Å². The fourth-order valence-electron chi connectivity index (χ4n) is 3.10. The van der Waals surface area contributed by atoms with E-state index in [-0.39, 0.29) is 11.0 Å². The molecule has 0 aliphatic heterocycles. The highest BCUT2D eigenvalue weighted by Gasteiger charge is 2.13. The second kappa shape index (κ2) is 10.4. The molecule has 2 N–H and O–H groups in total. The van der Waals surface area contributed by atoms with E-state index in [1.54, 1.807) is 35.1 Å². The largest absolute Gasteiger partial charge is 0.494 e. The third-order valence-electron chi connectivity index (χ3n) is 4.79. The van der Waals surface area contributed by atoms with E-state index in [0.29, 0.717) is 39.7 Å². The van der Waals surface area contributed by atoms with E-state index < -0.39 is 0 Å². The number of thiocarbonyl (C=S) groups is 1. The predicted octanol–water partition coefficient (Wildman–Crippen LogP) is 5.38. The number of aromatic nitrogens is 3. The Morgan fingerprint density at radius 2 is 1.82 bits per heavy atom. The van der Waals surface area contributed by atoms with Crippen molar-refractivity contribution in [3.8, 4) is 11.4 Å². The molecule has 0 spiro atoms. The summed E-state index contributed by atoms with van der Waals surface area (Å²) in [6, 6.07) is 20.0. The zero-order valence-corrected chi connectivity index (χ0v) is 19.5. The highest BCUT2D eigenvalue weighted by atomic mass is 35.5. The Labute approximate surface area is 201 Å². The summed E-state index contributed by atoms with van der Waals surface area (Å²) < 4.78 is 5.67. The topological polar surface area (TPSA) is 81.1 Å². The molecule has 1 amide bonds. The molecule has 168 valence electrons. The SMILES string of the molecule is CCCCOc1cccc(C(=O)NC(=S)Nc2cc3nn(-c4ccccc4)nc3cc2Cl)c1. The van der Waals surface area contributed by atoms with Gasteiger partial charge in [0.2, 0.25) is 0 Å². The Hall–Kier alpha value is -3.49. The van der Waals surface area contributed by atoms with E-state index >= 15 is 0 Å². The van der Waals surface area contributed by atoms with Crippen LogP contribution in [0.25, 0.3) is 16.7 Å². The van der Waals surface area contributed by atoms with E-state index in [0.717, 1.165) is 18.5 Å². The summed E-state index contributed by atoms with van der Waals surface area (Å²) in [5, 5.41) is 15.1. The standard InChI is InChI=1S/C24H22ClN5O2S/c1-2-3-12-32-18-11-7-8-16(13-18)23(31)27-24(33)26-20-15-22-21(14-19(20)25)28-30(29-22)17-9-5-4-6-10-17/h4-11,13-15H,2-3,12H2,1H3,(H2,26,27,31,33). The maximum Gasteiger partial charge on any atom is 0.257 e. The van der Waals surface area contributed by atoms with E-state index in [1.165, 1.54) is 0 Å². The second-order valence-electron chi connectivity index (χ2n) is 7.28. The number of ether oxygens (including phenoxy) is 1. The first-order chi connectivity index (χ1) is 16.0. The van der Waals surface area contributed by atoms with Crippen molar-refractivity contribution in [2.45, 2.75) is 19.8 Å². The Bertz CT molecular complexity index is 1290. The summed E-state index contributed by atoms with van der Waals surface area (Å²) in [6.07, 6.45) is 1.99. The number of fused-ring (bicyclic) bond motifs is 1. The summed E-state index contributed by atoms with van der Waals surface area (Å²) in [4.78, 5) is 14.2. The lowest BCUT2D eigenvalue weighted by molar-refractivity contribution is 0.0977. The number of carbonyl (C=O) groups is 1. The lowest BCUT2D eigenvalue weighted by atomic mass is 10.2. The summed E-state index contributed by atoms with van der Waals surface area (Å²) >= 11 is 11.7. The Balaban J connectivity index is 1.44. The van der Waals surface area contributed by atoms with Gasteiger partial charge in [-0.15, -0.1) is 10.2 Å². The van der Waals surface area contributed by atoms with Gasteiger partial charge in [-0.25, -0.2) is 0 Å². The van der Waals surface area contributed by atoms with Crippen molar-refractivity contribution in [3.05, 3.63) is 77.3 Å². The van der Waals surface area contributed by atoms with Gasteiger partial charge in [-0.2, -0.15) is 4.80 Å². The number of unbranched alkanes of at least 4 members (excludes halogenated alkanes) is 1. The van der Waals surface area contributed by atoms with Gasteiger partial charge in [0.1, 0.15) is 16.8 Å². The number of benzene rings is 3. The molecule has 0 radical (unpaired) electrons. The van der Waals surface area contributed by atoms with Crippen LogP contribution in [0.4, 0.5) is 5.69 Å². The van der Waals surface area contributed by atoms with Crippen molar-refractivity contribution in [2.75, 3.05) is 11.9 Å². The van der Waals surface area contributed by atoms with Crippen LogP contribution in [0.15, 0.2) is 66.7 Å². The Morgan fingerprint density at radius 3 is 2.58 bits per heavy atom. The molecule has 9 heteroatoms. The third kappa shape index (κ3) is 5.66. The van der Waals surface area contributed by atoms with Gasteiger partial charge >= 0.3 is 0 Å². The van der Waals surface area contributed by atoms with E-state index in [2.05, 4.69) is 27.8 Å². The first-order valence-electron chi connectivity index (χ1n) is 10.5. The van der Waals surface area contributed by atoms with Crippen LogP contribution >= 0.6 is 23.8 Å². The maximum absolute atomic E-state index is 12.6. The number of nitrogens with one attached hydrogen (secondary N) is 2. The monoisotopic (exact) mass is 479 g/mol. The van der Waals surface area contributed by atoms with Gasteiger partial charge < -0.3 is 10.1 Å². The number of hydrogen-bond acceptors (Lipinski definition) is 5. The molecule has 1 heterocycles. The van der Waals surface area contributed by atoms with Crippen LogP contribution in [0.5, 0.6) is 5.75 Å². The average Bonchev–Trinajstić information content (AvgIpc) is 3.23. The molecule has 0 aliphatic carbocycles. The Kier molecular flexibility index (Phi) is 7.16. The lowest BCUT2D eigenvalue weighted by Crippen LogP contribution is -2.34. The van der Waals surface area contributed by atoms with Crippen molar-refractivity contribution in [1.29, 1.82) is 0 Å². The van der Waals surface area contributed by atoms with Gasteiger partial charge in [0.05, 0.1) is 23.0 Å². The first kappa shape index (κ1) is 22.7. The molecule has 0 saturated heterocycles. The fraction of sp³-hybridized carbons (Fsp3) is 0.167. The smallest absolute Gasteiger partial charge is 0.257 e. The second-order valence-corrected chi connectivity index (χ2v) is 8.10. The molecule has 3 aromatic carbocycles. The summed E-state index contributed by atoms with van der Waals surface area (Å²) in [7, 11) is 0. The van der Waals surface area contributed by atoms with Crippen LogP contribution in [-0.2, 0) is 0 Å². The van der Waals surface area contributed by atoms with Gasteiger partial charge in [0.15, 0.2) is 5.11 Å². The van der Waals surface area contributed by atoms with Crippen LogP contribution in [-0.4, -0.2) is 32.6 Å². The number of nitrogens with zero attached hydrogens (tertiary/aromatic N) is 3. The molecular weight excluding hydrogens is 458 g/mol. The molecule has 0 aliphatic rings. The van der Waals surface area contributed by atoms with Crippen molar-refractivity contribution in [2.24, 2.45) is 0 Å². The molecule has 7 nitrogen and oxygen atoms in total. The molecule has 0 unspecified atom stereocenters. The summed E-state index contributed by atoms with van der Waals surface area (Å²) in [5.74, 6) is 0.297. The van der Waals surface area contributed by atoms with Gasteiger partial charge in [-0.3, -0.25) is 10.1 Å². The van der Waals surface area contributed by atoms with Gasteiger partial charge in [0, 0.05) is 5.56 Å². The maximum atomic E-state index is 12.6. The van der Waals surface area contributed by atoms with E-state index in [4.69, 9.17) is 28.6 Å². The Morgan fingerprint density at radius 1 is 1.06 bits per heavy atom. The van der Waals surface area contributed by atoms with Crippen LogP contribution in [0.3, 0.4) is 0 Å². The quantitative estimate of drug-likeness (QED) is 0.273. The zero-order valence-electron chi connectivity index (χ0n) is 17.9. The van der Waals surface area contributed by atoms with Gasteiger partial charge in [0.25, 0.3) is 5.91 Å². The number of halogens is 1. The number of hydrogen-bond donors (Lipinski definition) is 2. The van der Waals surface area contributed by atoms with Crippen molar-refractivity contribution >= 4 is 51.6 Å². The number of anilines is 1. The summed E-state index contributed by atoms with van der Waals surface area (Å²) in [5.41, 5.74) is 3.08. The van der Waals surface area contributed by atoms with Crippen LogP contribution in [0, 0.1) is 0 Å². The van der Waals surface area contributed by atoms with E-state index in [9.17, 15) is 4.79 Å². The molecule has 1 aromatic heterocycles. The highest BCUT2D eigenvalue weighted by Crippen LogP contribution is 2.27. The number of para-hydroxylation sites is 1. The van der Waals surface area contributed by atoms with Crippen LogP contribution in [0.1, 0.15) is 30.1 Å². The van der Waals surface area contributed by atoms with E-state index in [1.807, 2.05) is 36.4 Å². The molecule has 4 rings (SSSR count). The number of carbonyl (C=O) groups excluding carboxylic acids is 1. The first-order valence-corrected chi connectivity index (χ1v) is 11.3. The van der Waals surface area contributed by atoms with Gasteiger partial charge in [-0.1, -0.05) is 49.2 Å². The normalized spacial score (nSPS) is 10.7. The fourth-order valence-corrected chi connectivity index (χ4v) is 3.51. The third-order valence-corrected chi connectivity index (χ3v) is 5.31. The number of amides is 1. The molecule has 33 heavy (non-hydrogen) atoms. The molecule has 0 bridgehead atoms. The molecule has 4 aromatic rings. The molecule has 0 atom stereocenters. The minimum Gasteiger partial charge on any atom is -0.494 e. The van der Waals surface area contributed by atoms with Gasteiger partial charge in [-0.05, 0) is 61.1 Å². The minimum atomic E-state index is -0.347. The minimum absolute atomic E-state index is 0.119. The van der Waals surface area contributed by atoms with Crippen molar-refractivity contribution in [3.63, 3.8) is 0 Å². The molecule has 0 saturated carbocycles. The van der Waals surface area contributed by atoms with Crippen LogP contribution < -0.4 is 15.4 Å². The molecular formula is C24H22ClN5O2S. The molecule has 0 fully saturated rings. The zero-order chi connectivity index (χ0) is 23.2. The average molecular weight is 480 g/mol. The summed E-state index contributed by atoms with van der Waals surface area (Å²) in [6.45, 7) is 2.70. The van der Waals surface area contributed by atoms with Crippen molar-refractivity contribution in [1.82, 2.24) is 20.3 Å². The van der Waals surface area contributed by atoms with Crippen LogP contribution in [0.2, 0.25) is 5.02 Å². The predicted molar refractivity (Wildman–Crippen MR) is 134 cm³/mol. The lowest BCUT2D eigenvalue weighted by Gasteiger charge is -2.11. The number of rotatable bonds is 7.